The van der Waals surface area contributed by atoms with E-state index in [0.717, 1.165) is 50.5 Å². The van der Waals surface area contributed by atoms with Crippen LogP contribution in [0.3, 0.4) is 0 Å². The fourth-order valence-electron chi connectivity index (χ4n) is 6.85. The maximum absolute atomic E-state index is 12.6. The van der Waals surface area contributed by atoms with Gasteiger partial charge in [0.1, 0.15) is 11.5 Å². The van der Waals surface area contributed by atoms with Crippen LogP contribution in [0.25, 0.3) is 0 Å². The Morgan fingerprint density at radius 2 is 1.94 bits per heavy atom. The molecule has 180 valence electrons. The molecule has 2 fully saturated rings. The molecule has 3 unspecified atom stereocenters. The van der Waals surface area contributed by atoms with Gasteiger partial charge in [-0.1, -0.05) is 36.2 Å². The van der Waals surface area contributed by atoms with Crippen LogP contribution in [0.4, 0.5) is 0 Å². The number of carbonyl (C=O) groups is 2. The molecule has 6 heteroatoms. The predicted octanol–water partition coefficient (Wildman–Crippen LogP) is 6.49. The first-order chi connectivity index (χ1) is 16.3. The summed E-state index contributed by atoms with van der Waals surface area (Å²) < 4.78 is 0. The first kappa shape index (κ1) is 23.7. The summed E-state index contributed by atoms with van der Waals surface area (Å²) in [5, 5.41) is 14.4. The number of carbonyl (C=O) groups excluding carboxylic acids is 2. The third kappa shape index (κ3) is 4.13. The Labute approximate surface area is 211 Å². The van der Waals surface area contributed by atoms with Gasteiger partial charge in [-0.3, -0.25) is 9.59 Å². The summed E-state index contributed by atoms with van der Waals surface area (Å²) in [5.74, 6) is 2.19. The van der Waals surface area contributed by atoms with E-state index in [4.69, 9.17) is 23.2 Å². The second-order valence-electron chi connectivity index (χ2n) is 10.5. The SMILES string of the molecule is C[C@]12CCC3c4cc(CCCNC(=O)c5ccc(Cl)c(Cl)c5)c(O)cc4CCC3C1CCC2=O. The highest BCUT2D eigenvalue weighted by molar-refractivity contribution is 6.42. The highest BCUT2D eigenvalue weighted by Crippen LogP contribution is 2.59. The lowest BCUT2D eigenvalue weighted by atomic mass is 9.55. The Kier molecular flexibility index (Phi) is 6.41. The van der Waals surface area contributed by atoms with E-state index < -0.39 is 0 Å². The van der Waals surface area contributed by atoms with Crippen molar-refractivity contribution in [1.82, 2.24) is 5.32 Å². The summed E-state index contributed by atoms with van der Waals surface area (Å²) in [7, 11) is 0. The second-order valence-corrected chi connectivity index (χ2v) is 11.3. The zero-order valence-corrected chi connectivity index (χ0v) is 21.0. The Balaban J connectivity index is 1.24. The number of rotatable bonds is 5. The number of ketones is 1. The van der Waals surface area contributed by atoms with Gasteiger partial charge < -0.3 is 10.4 Å². The molecule has 1 amide bonds. The van der Waals surface area contributed by atoms with E-state index in [-0.39, 0.29) is 11.3 Å². The Bertz CT molecular complexity index is 1150. The highest BCUT2D eigenvalue weighted by atomic mass is 35.5. The first-order valence-corrected chi connectivity index (χ1v) is 13.1. The monoisotopic (exact) mass is 499 g/mol. The number of phenolic OH excluding ortho intramolecular Hbond substituents is 1. The summed E-state index contributed by atoms with van der Waals surface area (Å²) >= 11 is 11.9. The molecule has 34 heavy (non-hydrogen) atoms. The van der Waals surface area contributed by atoms with Crippen LogP contribution in [0.5, 0.6) is 5.75 Å². The van der Waals surface area contributed by atoms with E-state index in [1.165, 1.54) is 11.1 Å². The van der Waals surface area contributed by atoms with Gasteiger partial charge in [-0.2, -0.15) is 0 Å². The zero-order valence-electron chi connectivity index (χ0n) is 19.5. The van der Waals surface area contributed by atoms with Gasteiger partial charge in [-0.05, 0) is 104 Å². The molecule has 0 spiro atoms. The van der Waals surface area contributed by atoms with Gasteiger partial charge in [0.15, 0.2) is 0 Å². The number of halogens is 2. The molecule has 3 aliphatic carbocycles. The molecule has 0 aromatic heterocycles. The van der Waals surface area contributed by atoms with Crippen LogP contribution in [-0.2, 0) is 17.6 Å². The molecule has 0 aliphatic heterocycles. The number of nitrogens with one attached hydrogen (secondary N) is 1. The van der Waals surface area contributed by atoms with Crippen LogP contribution in [0.2, 0.25) is 10.0 Å². The Morgan fingerprint density at radius 1 is 1.12 bits per heavy atom. The molecule has 0 bridgehead atoms. The minimum Gasteiger partial charge on any atom is -0.508 e. The van der Waals surface area contributed by atoms with Crippen LogP contribution in [-0.4, -0.2) is 23.3 Å². The number of aromatic hydroxyl groups is 1. The van der Waals surface area contributed by atoms with E-state index in [0.29, 0.717) is 57.9 Å². The Morgan fingerprint density at radius 3 is 2.74 bits per heavy atom. The number of hydrogen-bond acceptors (Lipinski definition) is 3. The predicted molar refractivity (Wildman–Crippen MR) is 135 cm³/mol. The summed E-state index contributed by atoms with van der Waals surface area (Å²) in [5.41, 5.74) is 3.95. The quantitative estimate of drug-likeness (QED) is 0.462. The summed E-state index contributed by atoms with van der Waals surface area (Å²) in [6, 6.07) is 9.01. The van der Waals surface area contributed by atoms with Gasteiger partial charge in [0.2, 0.25) is 0 Å². The molecular formula is C28H31Cl2NO3. The van der Waals surface area contributed by atoms with Crippen molar-refractivity contribution in [3.63, 3.8) is 0 Å². The standard InChI is InChI=1S/C28H31Cl2NO3/c1-28-11-10-19-20(22(28)7-9-26(28)33)6-4-16-15-25(32)17(13-21(16)19)3-2-12-31-27(34)18-5-8-23(29)24(30)14-18/h5,8,13-15,19-20,22,32H,2-4,6-7,9-12H2,1H3,(H,31,34)/t19?,20?,22?,28-/m0/s1. The molecule has 2 saturated carbocycles. The van der Waals surface area contributed by atoms with Crippen LogP contribution >= 0.6 is 23.2 Å². The highest BCUT2D eigenvalue weighted by Gasteiger charge is 2.54. The van der Waals surface area contributed by atoms with Gasteiger partial charge in [0.25, 0.3) is 5.91 Å². The van der Waals surface area contributed by atoms with E-state index >= 15 is 0 Å². The number of phenols is 1. The average molecular weight is 500 g/mol. The molecule has 4 atom stereocenters. The fraction of sp³-hybridized carbons (Fsp3) is 0.500. The first-order valence-electron chi connectivity index (χ1n) is 12.4. The molecule has 0 saturated heterocycles. The molecule has 5 rings (SSSR count). The van der Waals surface area contributed by atoms with Crippen molar-refractivity contribution in [3.05, 3.63) is 62.6 Å². The van der Waals surface area contributed by atoms with Gasteiger partial charge in [-0.15, -0.1) is 0 Å². The van der Waals surface area contributed by atoms with E-state index in [1.807, 2.05) is 6.07 Å². The van der Waals surface area contributed by atoms with Crippen LogP contribution in [0, 0.1) is 17.3 Å². The molecule has 0 heterocycles. The number of amides is 1. The van der Waals surface area contributed by atoms with Gasteiger partial charge in [0.05, 0.1) is 10.0 Å². The van der Waals surface area contributed by atoms with E-state index in [1.54, 1.807) is 18.2 Å². The minimum absolute atomic E-state index is 0.120. The lowest BCUT2D eigenvalue weighted by Gasteiger charge is -2.48. The minimum atomic E-state index is -0.188. The van der Waals surface area contributed by atoms with Gasteiger partial charge in [0, 0.05) is 23.9 Å². The van der Waals surface area contributed by atoms with Crippen molar-refractivity contribution >= 4 is 34.9 Å². The van der Waals surface area contributed by atoms with Crippen LogP contribution in [0.15, 0.2) is 30.3 Å². The van der Waals surface area contributed by atoms with Crippen LogP contribution in [0.1, 0.15) is 78.4 Å². The number of fused-ring (bicyclic) bond motifs is 5. The van der Waals surface area contributed by atoms with Crippen molar-refractivity contribution in [2.45, 2.75) is 64.2 Å². The van der Waals surface area contributed by atoms with Crippen molar-refractivity contribution < 1.29 is 14.7 Å². The van der Waals surface area contributed by atoms with E-state index in [9.17, 15) is 14.7 Å². The maximum atomic E-state index is 12.6. The van der Waals surface area contributed by atoms with E-state index in [2.05, 4.69) is 18.3 Å². The smallest absolute Gasteiger partial charge is 0.251 e. The van der Waals surface area contributed by atoms with Crippen molar-refractivity contribution in [2.24, 2.45) is 17.3 Å². The summed E-state index contributed by atoms with van der Waals surface area (Å²) in [6.45, 7) is 2.71. The lowest BCUT2D eigenvalue weighted by Crippen LogP contribution is -2.42. The van der Waals surface area contributed by atoms with Crippen molar-refractivity contribution in [2.75, 3.05) is 6.54 Å². The second kappa shape index (κ2) is 9.20. The molecule has 3 aliphatic rings. The summed E-state index contributed by atoms with van der Waals surface area (Å²) in [6.07, 6.45) is 7.33. The molecule has 2 N–H and O–H groups in total. The lowest BCUT2D eigenvalue weighted by molar-refractivity contribution is -0.129. The van der Waals surface area contributed by atoms with Gasteiger partial charge >= 0.3 is 0 Å². The number of aryl methyl sites for hydroxylation is 2. The summed E-state index contributed by atoms with van der Waals surface area (Å²) in [4.78, 5) is 25.0. The third-order valence-corrected chi connectivity index (χ3v) is 9.46. The molecule has 0 radical (unpaired) electrons. The largest absolute Gasteiger partial charge is 0.508 e. The fourth-order valence-corrected chi connectivity index (χ4v) is 7.15. The number of hydrogen-bond donors (Lipinski definition) is 2. The van der Waals surface area contributed by atoms with Gasteiger partial charge in [-0.25, -0.2) is 0 Å². The molecule has 2 aromatic carbocycles. The van der Waals surface area contributed by atoms with Crippen LogP contribution < -0.4 is 5.32 Å². The van der Waals surface area contributed by atoms with Crippen molar-refractivity contribution in [1.29, 1.82) is 0 Å². The molecule has 4 nitrogen and oxygen atoms in total. The molecule has 2 aromatic rings. The molecular weight excluding hydrogens is 469 g/mol. The topological polar surface area (TPSA) is 66.4 Å². The number of Topliss-reactive ketones (excluding diaryl/α,β-unsaturated/α-hetero) is 1. The number of benzene rings is 2. The normalized spacial score (nSPS) is 27.6. The average Bonchev–Trinajstić information content (AvgIpc) is 3.13. The zero-order chi connectivity index (χ0) is 24.0. The third-order valence-electron chi connectivity index (χ3n) is 8.72. The Hall–Kier alpha value is -2.04. The van der Waals surface area contributed by atoms with Crippen molar-refractivity contribution in [3.8, 4) is 5.75 Å². The maximum Gasteiger partial charge on any atom is 0.251 e.